The second-order valence-electron chi connectivity index (χ2n) is 4.34. The Labute approximate surface area is 78.1 Å². The lowest BCUT2D eigenvalue weighted by Gasteiger charge is -2.51. The number of carbonyl (C=O) groups is 1. The van der Waals surface area contributed by atoms with Gasteiger partial charge in [-0.3, -0.25) is 0 Å². The third-order valence-electron chi connectivity index (χ3n) is 3.62. The van der Waals surface area contributed by atoms with Crippen molar-refractivity contribution in [3.05, 3.63) is 0 Å². The maximum atomic E-state index is 10.8. The van der Waals surface area contributed by atoms with Crippen LogP contribution in [0.1, 0.15) is 39.0 Å². The molecule has 3 nitrogen and oxygen atoms in total. The van der Waals surface area contributed by atoms with Gasteiger partial charge in [-0.2, -0.15) is 0 Å². The van der Waals surface area contributed by atoms with Crippen LogP contribution >= 0.6 is 0 Å². The van der Waals surface area contributed by atoms with Gasteiger partial charge < -0.3 is 9.84 Å². The minimum atomic E-state index is -0.793. The fourth-order valence-corrected chi connectivity index (χ4v) is 2.46. The summed E-state index contributed by atoms with van der Waals surface area (Å²) in [6.45, 7) is 2.16. The largest absolute Gasteiger partial charge is 0.479 e. The molecule has 1 aliphatic heterocycles. The van der Waals surface area contributed by atoms with Crippen molar-refractivity contribution in [2.45, 2.75) is 50.7 Å². The van der Waals surface area contributed by atoms with Gasteiger partial charge in [-0.15, -0.1) is 0 Å². The van der Waals surface area contributed by atoms with Crippen LogP contribution < -0.4 is 0 Å². The summed E-state index contributed by atoms with van der Waals surface area (Å²) in [5, 5.41) is 8.85. The summed E-state index contributed by atoms with van der Waals surface area (Å²) in [5.41, 5.74) is -0.0681. The molecule has 0 bridgehead atoms. The number of hydrogen-bond acceptors (Lipinski definition) is 2. The smallest absolute Gasteiger partial charge is 0.332 e. The highest BCUT2D eigenvalue weighted by Gasteiger charge is 2.49. The molecule has 2 fully saturated rings. The number of hydrogen-bond donors (Lipinski definition) is 1. The van der Waals surface area contributed by atoms with Gasteiger partial charge in [0.1, 0.15) is 0 Å². The summed E-state index contributed by atoms with van der Waals surface area (Å²) in [7, 11) is 0. The van der Waals surface area contributed by atoms with E-state index in [2.05, 4.69) is 6.92 Å². The number of rotatable bonds is 1. The van der Waals surface area contributed by atoms with Crippen LogP contribution in [0.3, 0.4) is 0 Å². The molecule has 0 aromatic heterocycles. The average molecular weight is 184 g/mol. The van der Waals surface area contributed by atoms with E-state index in [1.165, 1.54) is 6.42 Å². The molecule has 1 spiro atoms. The minimum Gasteiger partial charge on any atom is -0.479 e. The Morgan fingerprint density at radius 1 is 1.46 bits per heavy atom. The lowest BCUT2D eigenvalue weighted by atomic mass is 9.66. The topological polar surface area (TPSA) is 46.5 Å². The van der Waals surface area contributed by atoms with Crippen LogP contribution in [0.15, 0.2) is 0 Å². The Hall–Kier alpha value is -0.570. The van der Waals surface area contributed by atoms with E-state index in [4.69, 9.17) is 9.84 Å². The predicted molar refractivity (Wildman–Crippen MR) is 47.5 cm³/mol. The summed E-state index contributed by atoms with van der Waals surface area (Å²) >= 11 is 0. The fourth-order valence-electron chi connectivity index (χ4n) is 2.46. The quantitative estimate of drug-likeness (QED) is 0.676. The molecule has 1 saturated carbocycles. The monoisotopic (exact) mass is 184 g/mol. The first-order valence-electron chi connectivity index (χ1n) is 5.05. The second kappa shape index (κ2) is 2.98. The van der Waals surface area contributed by atoms with E-state index >= 15 is 0 Å². The van der Waals surface area contributed by atoms with Crippen molar-refractivity contribution in [3.63, 3.8) is 0 Å². The Bertz CT molecular complexity index is 226. The van der Waals surface area contributed by atoms with Gasteiger partial charge in [-0.25, -0.2) is 4.79 Å². The zero-order valence-corrected chi connectivity index (χ0v) is 7.95. The molecule has 0 radical (unpaired) electrons. The van der Waals surface area contributed by atoms with Crippen molar-refractivity contribution in [3.8, 4) is 0 Å². The van der Waals surface area contributed by atoms with Crippen molar-refractivity contribution in [1.82, 2.24) is 0 Å². The molecule has 1 N–H and O–H groups in total. The SMILES string of the molecule is CC1CCC12CCCC(C(=O)O)O2. The van der Waals surface area contributed by atoms with Gasteiger partial charge in [0.25, 0.3) is 0 Å². The van der Waals surface area contributed by atoms with Gasteiger partial charge in [0.15, 0.2) is 6.10 Å². The first-order valence-corrected chi connectivity index (χ1v) is 5.05. The van der Waals surface area contributed by atoms with E-state index in [1.54, 1.807) is 0 Å². The first-order chi connectivity index (χ1) is 6.14. The molecule has 0 amide bonds. The number of aliphatic carboxylic acids is 1. The molecule has 2 aliphatic rings. The number of ether oxygens (including phenoxy) is 1. The fraction of sp³-hybridized carbons (Fsp3) is 0.900. The van der Waals surface area contributed by atoms with Crippen LogP contribution in [0.25, 0.3) is 0 Å². The third-order valence-corrected chi connectivity index (χ3v) is 3.62. The average Bonchev–Trinajstić information content (AvgIpc) is 2.16. The first kappa shape index (κ1) is 9.00. The maximum absolute atomic E-state index is 10.8. The summed E-state index contributed by atoms with van der Waals surface area (Å²) in [6, 6.07) is 0. The van der Waals surface area contributed by atoms with Gasteiger partial charge in [0.05, 0.1) is 5.60 Å². The van der Waals surface area contributed by atoms with Gasteiger partial charge >= 0.3 is 5.97 Å². The molecule has 3 atom stereocenters. The molecule has 1 aliphatic carbocycles. The second-order valence-corrected chi connectivity index (χ2v) is 4.34. The lowest BCUT2D eigenvalue weighted by molar-refractivity contribution is -0.211. The normalized spacial score (nSPS) is 44.4. The van der Waals surface area contributed by atoms with Crippen molar-refractivity contribution in [2.24, 2.45) is 5.92 Å². The molecule has 1 saturated heterocycles. The summed E-state index contributed by atoms with van der Waals surface area (Å²) in [5.74, 6) is -0.243. The van der Waals surface area contributed by atoms with Crippen LogP contribution in [-0.2, 0) is 9.53 Å². The number of carboxylic acids is 1. The van der Waals surface area contributed by atoms with Crippen LogP contribution in [0, 0.1) is 5.92 Å². The van der Waals surface area contributed by atoms with E-state index < -0.39 is 12.1 Å². The van der Waals surface area contributed by atoms with Crippen molar-refractivity contribution in [1.29, 1.82) is 0 Å². The molecule has 2 rings (SSSR count). The Kier molecular flexibility index (Phi) is 2.06. The van der Waals surface area contributed by atoms with Gasteiger partial charge in [0, 0.05) is 0 Å². The Morgan fingerprint density at radius 2 is 2.23 bits per heavy atom. The van der Waals surface area contributed by atoms with Gasteiger partial charge in [0.2, 0.25) is 0 Å². The van der Waals surface area contributed by atoms with Crippen molar-refractivity contribution in [2.75, 3.05) is 0 Å². The summed E-state index contributed by atoms with van der Waals surface area (Å²) in [6.07, 6.45) is 4.43. The standard InChI is InChI=1S/C10H16O3/c1-7-4-6-10(7)5-2-3-8(13-10)9(11)12/h7-8H,2-6H2,1H3,(H,11,12). The lowest BCUT2D eigenvalue weighted by Crippen LogP contribution is -2.53. The van der Waals surface area contributed by atoms with E-state index in [0.717, 1.165) is 19.3 Å². The van der Waals surface area contributed by atoms with E-state index in [0.29, 0.717) is 12.3 Å². The van der Waals surface area contributed by atoms with Crippen molar-refractivity contribution < 1.29 is 14.6 Å². The summed E-state index contributed by atoms with van der Waals surface area (Å²) < 4.78 is 5.68. The highest BCUT2D eigenvalue weighted by molar-refractivity contribution is 5.72. The maximum Gasteiger partial charge on any atom is 0.332 e. The molecule has 3 heteroatoms. The number of carboxylic acid groups (broad SMARTS) is 1. The van der Waals surface area contributed by atoms with Crippen molar-refractivity contribution >= 4 is 5.97 Å². The molecule has 1 heterocycles. The van der Waals surface area contributed by atoms with Gasteiger partial charge in [-0.05, 0) is 38.0 Å². The van der Waals surface area contributed by atoms with Crippen LogP contribution in [0.5, 0.6) is 0 Å². The molecule has 3 unspecified atom stereocenters. The molecule has 0 aromatic rings. The minimum absolute atomic E-state index is 0.0681. The highest BCUT2D eigenvalue weighted by Crippen LogP contribution is 2.48. The zero-order valence-electron chi connectivity index (χ0n) is 7.95. The Morgan fingerprint density at radius 3 is 2.69 bits per heavy atom. The molecule has 13 heavy (non-hydrogen) atoms. The third kappa shape index (κ3) is 1.35. The molecule has 0 aromatic carbocycles. The highest BCUT2D eigenvalue weighted by atomic mass is 16.5. The van der Waals surface area contributed by atoms with E-state index in [1.807, 2.05) is 0 Å². The van der Waals surface area contributed by atoms with Crippen LogP contribution in [-0.4, -0.2) is 22.8 Å². The zero-order chi connectivity index (χ0) is 9.47. The summed E-state index contributed by atoms with van der Waals surface area (Å²) in [4.78, 5) is 10.8. The van der Waals surface area contributed by atoms with Crippen LogP contribution in [0.4, 0.5) is 0 Å². The molecule has 74 valence electrons. The van der Waals surface area contributed by atoms with E-state index in [-0.39, 0.29) is 5.60 Å². The predicted octanol–water partition coefficient (Wildman–Crippen LogP) is 1.81. The molecular weight excluding hydrogens is 168 g/mol. The Balaban J connectivity index is 2.03. The van der Waals surface area contributed by atoms with Crippen LogP contribution in [0.2, 0.25) is 0 Å². The molecular formula is C10H16O3. The van der Waals surface area contributed by atoms with Gasteiger partial charge in [-0.1, -0.05) is 6.92 Å². The van der Waals surface area contributed by atoms with E-state index in [9.17, 15) is 4.79 Å².